The van der Waals surface area contributed by atoms with Gasteiger partial charge in [-0.25, -0.2) is 8.42 Å². The number of benzene rings is 1. The Kier molecular flexibility index (Phi) is 6.71. The molecule has 0 radical (unpaired) electrons. The van der Waals surface area contributed by atoms with Crippen molar-refractivity contribution in [3.63, 3.8) is 0 Å². The molecule has 2 N–H and O–H groups in total. The molecule has 25 heavy (non-hydrogen) atoms. The van der Waals surface area contributed by atoms with E-state index in [0.29, 0.717) is 23.9 Å². The number of likely N-dealkylation sites (tertiary alicyclic amines) is 1. The summed E-state index contributed by atoms with van der Waals surface area (Å²) in [6.45, 7) is 3.80. The Balaban J connectivity index is 0.00000225. The molecule has 0 unspecified atom stereocenters. The number of halogens is 1. The lowest BCUT2D eigenvalue weighted by Gasteiger charge is -2.21. The highest BCUT2D eigenvalue weighted by molar-refractivity contribution is 7.92. The fourth-order valence-corrected chi connectivity index (χ4v) is 4.27. The van der Waals surface area contributed by atoms with Crippen LogP contribution in [0.2, 0.25) is 0 Å². The first-order valence-corrected chi connectivity index (χ1v) is 10.3. The second kappa shape index (κ2) is 8.38. The first kappa shape index (κ1) is 20.0. The standard InChI is InChI=1S/C17H25N3O3S.ClH/c1-24(22,23)19-16-4-2-3-13(9-16)10-17(21)20-7-5-14-11-18-12-15(14)6-8-20;/h2-4,9,14-15,18-19H,5-8,10-12H2,1H3;1H/t14-,15+;. The van der Waals surface area contributed by atoms with Crippen LogP contribution >= 0.6 is 12.4 Å². The van der Waals surface area contributed by atoms with Crippen LogP contribution in [-0.4, -0.2) is 51.7 Å². The van der Waals surface area contributed by atoms with Crippen LogP contribution in [0.5, 0.6) is 0 Å². The van der Waals surface area contributed by atoms with Crippen molar-refractivity contribution in [2.24, 2.45) is 11.8 Å². The zero-order valence-electron chi connectivity index (χ0n) is 14.4. The van der Waals surface area contributed by atoms with Crippen LogP contribution in [0.1, 0.15) is 18.4 Å². The van der Waals surface area contributed by atoms with Crippen LogP contribution in [0.3, 0.4) is 0 Å². The minimum atomic E-state index is -3.31. The highest BCUT2D eigenvalue weighted by Crippen LogP contribution is 2.27. The Morgan fingerprint density at radius 1 is 1.24 bits per heavy atom. The number of anilines is 1. The summed E-state index contributed by atoms with van der Waals surface area (Å²) in [6, 6.07) is 7.06. The number of nitrogens with zero attached hydrogens (tertiary/aromatic N) is 1. The lowest BCUT2D eigenvalue weighted by molar-refractivity contribution is -0.130. The molecule has 0 bridgehead atoms. The molecule has 2 aliphatic rings. The number of hydrogen-bond acceptors (Lipinski definition) is 4. The summed E-state index contributed by atoms with van der Waals surface area (Å²) in [5, 5.41) is 3.44. The summed E-state index contributed by atoms with van der Waals surface area (Å²) < 4.78 is 25.1. The van der Waals surface area contributed by atoms with Crippen LogP contribution in [0.15, 0.2) is 24.3 Å². The number of amides is 1. The summed E-state index contributed by atoms with van der Waals surface area (Å²) in [5.41, 5.74) is 1.33. The Morgan fingerprint density at radius 3 is 2.48 bits per heavy atom. The van der Waals surface area contributed by atoms with Gasteiger partial charge >= 0.3 is 0 Å². The maximum absolute atomic E-state index is 12.6. The quantitative estimate of drug-likeness (QED) is 0.820. The molecular formula is C17H26ClN3O3S. The molecule has 1 aromatic rings. The van der Waals surface area contributed by atoms with Crippen LogP contribution < -0.4 is 10.0 Å². The summed E-state index contributed by atoms with van der Waals surface area (Å²) >= 11 is 0. The van der Waals surface area contributed by atoms with E-state index in [0.717, 1.165) is 50.8 Å². The van der Waals surface area contributed by atoms with Crippen molar-refractivity contribution in [2.45, 2.75) is 19.3 Å². The number of carbonyl (C=O) groups excluding carboxylic acids is 1. The van der Waals surface area contributed by atoms with Gasteiger partial charge in [-0.2, -0.15) is 0 Å². The van der Waals surface area contributed by atoms with E-state index < -0.39 is 10.0 Å². The van der Waals surface area contributed by atoms with E-state index in [-0.39, 0.29) is 18.3 Å². The number of hydrogen-bond donors (Lipinski definition) is 2. The third-order valence-corrected chi connectivity index (χ3v) is 5.56. The van der Waals surface area contributed by atoms with E-state index in [2.05, 4.69) is 10.0 Å². The van der Waals surface area contributed by atoms with Crippen molar-refractivity contribution < 1.29 is 13.2 Å². The van der Waals surface area contributed by atoms with E-state index in [1.807, 2.05) is 11.0 Å². The van der Waals surface area contributed by atoms with E-state index >= 15 is 0 Å². The fourth-order valence-electron chi connectivity index (χ4n) is 3.71. The number of carbonyl (C=O) groups is 1. The summed E-state index contributed by atoms with van der Waals surface area (Å²) in [5.74, 6) is 1.52. The van der Waals surface area contributed by atoms with Crippen LogP contribution in [0.4, 0.5) is 5.69 Å². The molecule has 0 spiro atoms. The molecule has 0 aliphatic carbocycles. The molecule has 8 heteroatoms. The zero-order chi connectivity index (χ0) is 17.2. The largest absolute Gasteiger partial charge is 0.342 e. The molecule has 0 aromatic heterocycles. The highest BCUT2D eigenvalue weighted by Gasteiger charge is 2.31. The Labute approximate surface area is 155 Å². The van der Waals surface area contributed by atoms with Gasteiger partial charge in [-0.1, -0.05) is 12.1 Å². The van der Waals surface area contributed by atoms with E-state index in [1.54, 1.807) is 18.2 Å². The third kappa shape index (κ3) is 5.59. The zero-order valence-corrected chi connectivity index (χ0v) is 16.0. The maximum Gasteiger partial charge on any atom is 0.229 e. The molecule has 1 aromatic carbocycles. The highest BCUT2D eigenvalue weighted by atomic mass is 35.5. The molecule has 2 aliphatic heterocycles. The monoisotopic (exact) mass is 387 g/mol. The number of sulfonamides is 1. The van der Waals surface area contributed by atoms with Gasteiger partial charge in [0.15, 0.2) is 0 Å². The average molecular weight is 388 g/mol. The smallest absolute Gasteiger partial charge is 0.229 e. The molecule has 6 nitrogen and oxygen atoms in total. The molecule has 0 saturated carbocycles. The van der Waals surface area contributed by atoms with E-state index in [1.165, 1.54) is 0 Å². The first-order valence-electron chi connectivity index (χ1n) is 8.46. The Bertz CT molecular complexity index is 697. The van der Waals surface area contributed by atoms with Gasteiger partial charge in [0.2, 0.25) is 15.9 Å². The Morgan fingerprint density at radius 2 is 1.88 bits per heavy atom. The van der Waals surface area contributed by atoms with Gasteiger partial charge in [-0.05, 0) is 55.5 Å². The van der Waals surface area contributed by atoms with Crippen molar-refractivity contribution in [1.29, 1.82) is 0 Å². The average Bonchev–Trinajstić information content (AvgIpc) is 2.84. The first-order chi connectivity index (χ1) is 11.4. The molecular weight excluding hydrogens is 362 g/mol. The maximum atomic E-state index is 12.6. The van der Waals surface area contributed by atoms with Gasteiger partial charge in [-0.15, -0.1) is 12.4 Å². The summed E-state index contributed by atoms with van der Waals surface area (Å²) in [4.78, 5) is 14.6. The minimum absolute atomic E-state index is 0. The summed E-state index contributed by atoms with van der Waals surface area (Å²) in [6.07, 6.45) is 3.57. The second-order valence-corrected chi connectivity index (χ2v) is 8.64. The predicted octanol–water partition coefficient (Wildman–Crippen LogP) is 1.48. The molecule has 2 atom stereocenters. The molecule has 140 valence electrons. The molecule has 2 fully saturated rings. The predicted molar refractivity (Wildman–Crippen MR) is 102 cm³/mol. The lowest BCUT2D eigenvalue weighted by atomic mass is 9.92. The molecule has 1 amide bonds. The molecule has 2 saturated heterocycles. The van der Waals surface area contributed by atoms with Crippen LogP contribution in [-0.2, 0) is 21.2 Å². The van der Waals surface area contributed by atoms with Gasteiger partial charge in [0.25, 0.3) is 0 Å². The van der Waals surface area contributed by atoms with Crippen molar-refractivity contribution >= 4 is 34.0 Å². The lowest BCUT2D eigenvalue weighted by Crippen LogP contribution is -2.33. The van der Waals surface area contributed by atoms with Crippen molar-refractivity contribution in [3.05, 3.63) is 29.8 Å². The third-order valence-electron chi connectivity index (χ3n) is 4.96. The Hall–Kier alpha value is -1.31. The van der Waals surface area contributed by atoms with Gasteiger partial charge in [0.05, 0.1) is 12.7 Å². The fraction of sp³-hybridized carbons (Fsp3) is 0.588. The van der Waals surface area contributed by atoms with E-state index in [4.69, 9.17) is 0 Å². The van der Waals surface area contributed by atoms with Gasteiger partial charge in [-0.3, -0.25) is 9.52 Å². The molecule has 2 heterocycles. The SMILES string of the molecule is CS(=O)(=O)Nc1cccc(CC(=O)N2CC[C@@H]3CNC[C@@H]3CC2)c1.Cl. The molecule has 3 rings (SSSR count). The van der Waals surface area contributed by atoms with Crippen molar-refractivity contribution in [1.82, 2.24) is 10.2 Å². The number of nitrogens with one attached hydrogen (secondary N) is 2. The van der Waals surface area contributed by atoms with Gasteiger partial charge in [0, 0.05) is 18.8 Å². The topological polar surface area (TPSA) is 78.5 Å². The van der Waals surface area contributed by atoms with Crippen molar-refractivity contribution in [3.8, 4) is 0 Å². The van der Waals surface area contributed by atoms with Crippen molar-refractivity contribution in [2.75, 3.05) is 37.2 Å². The number of rotatable bonds is 4. The van der Waals surface area contributed by atoms with Crippen LogP contribution in [0.25, 0.3) is 0 Å². The van der Waals surface area contributed by atoms with Crippen LogP contribution in [0, 0.1) is 11.8 Å². The summed E-state index contributed by atoms with van der Waals surface area (Å²) in [7, 11) is -3.31. The second-order valence-electron chi connectivity index (χ2n) is 6.89. The van der Waals surface area contributed by atoms with E-state index in [9.17, 15) is 13.2 Å². The van der Waals surface area contributed by atoms with Gasteiger partial charge < -0.3 is 10.2 Å². The van der Waals surface area contributed by atoms with Gasteiger partial charge in [0.1, 0.15) is 0 Å². The minimum Gasteiger partial charge on any atom is -0.342 e. The normalized spacial score (nSPS) is 23.3. The number of fused-ring (bicyclic) bond motifs is 1.